The smallest absolute Gasteiger partial charge is 0.198 e. The van der Waals surface area contributed by atoms with E-state index in [0.29, 0.717) is 0 Å². The van der Waals surface area contributed by atoms with Crippen molar-refractivity contribution >= 4 is 17.3 Å². The molecule has 0 aromatic heterocycles. The number of phenolic OH excluding ortho intramolecular Hbond substituents is 2. The van der Waals surface area contributed by atoms with E-state index in [-0.39, 0.29) is 45.5 Å². The van der Waals surface area contributed by atoms with Crippen molar-refractivity contribution in [2.24, 2.45) is 0 Å². The molecule has 0 bridgehead atoms. The molecule has 3 rings (SSSR count). The normalized spacial score (nSPS) is 13.9. The first-order valence-electron chi connectivity index (χ1n) is 10.1. The number of rotatable bonds is 8. The number of nitrogens with one attached hydrogen (secondary N) is 1. The van der Waals surface area contributed by atoms with Crippen LogP contribution in [0.5, 0.6) is 11.5 Å². The molecule has 3 N–H and O–H groups in total. The largest absolute Gasteiger partial charge is 0.507 e. The molecule has 2 aromatic rings. The van der Waals surface area contributed by atoms with Gasteiger partial charge in [-0.25, -0.2) is 0 Å². The van der Waals surface area contributed by atoms with Gasteiger partial charge in [0.15, 0.2) is 17.3 Å². The van der Waals surface area contributed by atoms with Crippen LogP contribution in [0.1, 0.15) is 65.5 Å². The van der Waals surface area contributed by atoms with Crippen LogP contribution in [-0.2, 0) is 0 Å². The standard InChI is InChI=1S/C23H28N2O4/c1-4-25(5-2)12-8-9-14(3)24-17-13-18(26)19-20(23(17)29)22(28)16-11-7-6-10-15(16)21(19)27/h6-7,10-11,13-14,24,26,29H,4-5,8-9,12H2,1-3H3/t14-/m0/s1. The summed E-state index contributed by atoms with van der Waals surface area (Å²) in [5, 5.41) is 24.4. The average Bonchev–Trinajstić information content (AvgIpc) is 2.72. The minimum Gasteiger partial charge on any atom is -0.507 e. The van der Waals surface area contributed by atoms with E-state index in [1.807, 2.05) is 6.92 Å². The summed E-state index contributed by atoms with van der Waals surface area (Å²) in [6.07, 6.45) is 1.85. The quantitative estimate of drug-likeness (QED) is 0.396. The van der Waals surface area contributed by atoms with E-state index in [0.717, 1.165) is 32.5 Å². The number of benzene rings is 2. The minimum absolute atomic E-state index is 0.0237. The lowest BCUT2D eigenvalue weighted by atomic mass is 9.82. The van der Waals surface area contributed by atoms with Crippen molar-refractivity contribution in [1.82, 2.24) is 4.90 Å². The lowest BCUT2D eigenvalue weighted by molar-refractivity contribution is 0.0974. The predicted molar refractivity (Wildman–Crippen MR) is 113 cm³/mol. The SMILES string of the molecule is CCN(CC)CCC[C@H](C)Nc1cc(O)c2c(c1O)C(=O)c1ccccc1C2=O. The van der Waals surface area contributed by atoms with E-state index in [2.05, 4.69) is 24.1 Å². The van der Waals surface area contributed by atoms with Crippen LogP contribution >= 0.6 is 0 Å². The Bertz CT molecular complexity index is 935. The first-order valence-corrected chi connectivity index (χ1v) is 10.1. The molecule has 2 aromatic carbocycles. The van der Waals surface area contributed by atoms with Crippen LogP contribution < -0.4 is 5.32 Å². The van der Waals surface area contributed by atoms with E-state index < -0.39 is 11.6 Å². The van der Waals surface area contributed by atoms with Gasteiger partial charge in [-0.05, 0) is 39.4 Å². The second-order valence-corrected chi connectivity index (χ2v) is 7.46. The molecule has 0 saturated carbocycles. The molecule has 1 aliphatic carbocycles. The van der Waals surface area contributed by atoms with E-state index in [1.165, 1.54) is 6.07 Å². The fraction of sp³-hybridized carbons (Fsp3) is 0.391. The number of nitrogens with zero attached hydrogens (tertiary/aromatic N) is 1. The number of hydrogen-bond acceptors (Lipinski definition) is 6. The highest BCUT2D eigenvalue weighted by atomic mass is 16.3. The van der Waals surface area contributed by atoms with Crippen molar-refractivity contribution in [3.05, 3.63) is 52.6 Å². The van der Waals surface area contributed by atoms with Crippen LogP contribution in [0.15, 0.2) is 30.3 Å². The van der Waals surface area contributed by atoms with Crippen molar-refractivity contribution in [3.63, 3.8) is 0 Å². The fourth-order valence-corrected chi connectivity index (χ4v) is 3.87. The predicted octanol–water partition coefficient (Wildman–Crippen LogP) is 3.80. The van der Waals surface area contributed by atoms with Gasteiger partial charge in [0, 0.05) is 23.2 Å². The molecule has 0 spiro atoms. The maximum atomic E-state index is 12.9. The number of aromatic hydroxyl groups is 2. The molecule has 0 saturated heterocycles. The highest BCUT2D eigenvalue weighted by Gasteiger charge is 2.35. The average molecular weight is 396 g/mol. The Morgan fingerprint density at radius 3 is 2.17 bits per heavy atom. The van der Waals surface area contributed by atoms with Gasteiger partial charge in [0.1, 0.15) is 5.75 Å². The molecular formula is C23H28N2O4. The Hall–Kier alpha value is -2.86. The third kappa shape index (κ3) is 3.98. The molecule has 0 heterocycles. The third-order valence-electron chi connectivity index (χ3n) is 5.56. The maximum Gasteiger partial charge on any atom is 0.198 e. The van der Waals surface area contributed by atoms with Gasteiger partial charge in [0.2, 0.25) is 0 Å². The Balaban J connectivity index is 1.84. The molecule has 29 heavy (non-hydrogen) atoms. The molecule has 1 atom stereocenters. The Morgan fingerprint density at radius 1 is 1.00 bits per heavy atom. The lowest BCUT2D eigenvalue weighted by Crippen LogP contribution is -2.26. The Kier molecular flexibility index (Phi) is 6.23. The Labute approximate surface area is 171 Å². The zero-order valence-electron chi connectivity index (χ0n) is 17.2. The highest BCUT2D eigenvalue weighted by Crippen LogP contribution is 2.42. The van der Waals surface area contributed by atoms with Gasteiger partial charge in [-0.3, -0.25) is 9.59 Å². The molecule has 154 valence electrons. The fourth-order valence-electron chi connectivity index (χ4n) is 3.87. The van der Waals surface area contributed by atoms with Crippen molar-refractivity contribution in [3.8, 4) is 11.5 Å². The molecule has 0 fully saturated rings. The third-order valence-corrected chi connectivity index (χ3v) is 5.56. The number of carbonyl (C=O) groups excluding carboxylic acids is 2. The van der Waals surface area contributed by atoms with Crippen LogP contribution in [-0.4, -0.2) is 52.4 Å². The molecule has 6 heteroatoms. The van der Waals surface area contributed by atoms with Gasteiger partial charge >= 0.3 is 0 Å². The van der Waals surface area contributed by atoms with Gasteiger partial charge in [-0.15, -0.1) is 0 Å². The monoisotopic (exact) mass is 396 g/mol. The van der Waals surface area contributed by atoms with E-state index in [9.17, 15) is 19.8 Å². The van der Waals surface area contributed by atoms with Gasteiger partial charge in [0.05, 0.1) is 16.8 Å². The Morgan fingerprint density at radius 2 is 1.59 bits per heavy atom. The number of ketones is 2. The zero-order valence-corrected chi connectivity index (χ0v) is 17.2. The maximum absolute atomic E-state index is 12.9. The van der Waals surface area contributed by atoms with Crippen molar-refractivity contribution < 1.29 is 19.8 Å². The summed E-state index contributed by atoms with van der Waals surface area (Å²) in [6, 6.07) is 7.81. The first kappa shape index (κ1) is 20.9. The van der Waals surface area contributed by atoms with E-state index in [1.54, 1.807) is 24.3 Å². The second kappa shape index (κ2) is 8.66. The summed E-state index contributed by atoms with van der Waals surface area (Å²) in [5.41, 5.74) is 0.476. The summed E-state index contributed by atoms with van der Waals surface area (Å²) < 4.78 is 0. The molecule has 6 nitrogen and oxygen atoms in total. The highest BCUT2D eigenvalue weighted by molar-refractivity contribution is 6.30. The summed E-state index contributed by atoms with van der Waals surface area (Å²) in [7, 11) is 0. The van der Waals surface area contributed by atoms with Gasteiger partial charge < -0.3 is 20.4 Å². The number of anilines is 1. The zero-order chi connectivity index (χ0) is 21.1. The first-order chi connectivity index (χ1) is 13.9. The van der Waals surface area contributed by atoms with Crippen molar-refractivity contribution in [2.45, 2.75) is 39.7 Å². The van der Waals surface area contributed by atoms with E-state index in [4.69, 9.17) is 0 Å². The van der Waals surface area contributed by atoms with Crippen LogP contribution in [0.4, 0.5) is 5.69 Å². The van der Waals surface area contributed by atoms with Crippen molar-refractivity contribution in [1.29, 1.82) is 0 Å². The minimum atomic E-state index is -0.458. The van der Waals surface area contributed by atoms with Gasteiger partial charge in [0.25, 0.3) is 0 Å². The van der Waals surface area contributed by atoms with Crippen molar-refractivity contribution in [2.75, 3.05) is 25.0 Å². The van der Waals surface area contributed by atoms with Crippen LogP contribution in [0.2, 0.25) is 0 Å². The molecule has 0 amide bonds. The van der Waals surface area contributed by atoms with Gasteiger partial charge in [-0.1, -0.05) is 38.1 Å². The molecule has 0 unspecified atom stereocenters. The molecule has 1 aliphatic rings. The lowest BCUT2D eigenvalue weighted by Gasteiger charge is -2.23. The number of phenols is 2. The van der Waals surface area contributed by atoms with E-state index >= 15 is 0 Å². The summed E-state index contributed by atoms with van der Waals surface area (Å²) >= 11 is 0. The number of hydrogen-bond donors (Lipinski definition) is 3. The van der Waals surface area contributed by atoms with Gasteiger partial charge in [-0.2, -0.15) is 0 Å². The molecular weight excluding hydrogens is 368 g/mol. The van der Waals surface area contributed by atoms with Crippen LogP contribution in [0.3, 0.4) is 0 Å². The molecule has 0 aliphatic heterocycles. The second-order valence-electron chi connectivity index (χ2n) is 7.46. The summed E-state index contributed by atoms with van der Waals surface area (Å²) in [5.74, 6) is -1.51. The summed E-state index contributed by atoms with van der Waals surface area (Å²) in [4.78, 5) is 28.0. The topological polar surface area (TPSA) is 89.9 Å². The number of carbonyl (C=O) groups is 2. The molecule has 0 radical (unpaired) electrons. The number of fused-ring (bicyclic) bond motifs is 2. The van der Waals surface area contributed by atoms with Crippen LogP contribution in [0.25, 0.3) is 0 Å². The van der Waals surface area contributed by atoms with Crippen LogP contribution in [0, 0.1) is 0 Å². The summed E-state index contributed by atoms with van der Waals surface area (Å²) in [6.45, 7) is 9.26.